The number of aryl methyl sites for hydroxylation is 2. The fraction of sp³-hybridized carbons (Fsp3) is 0.111. The van der Waals surface area contributed by atoms with Crippen molar-refractivity contribution >= 4 is 10.8 Å². The predicted octanol–water partition coefficient (Wildman–Crippen LogP) is 7.17. The van der Waals surface area contributed by atoms with Crippen molar-refractivity contribution in [2.24, 2.45) is 0 Å². The monoisotopic (exact) mass is 454 g/mol. The van der Waals surface area contributed by atoms with E-state index < -0.39 is 40.5 Å². The summed E-state index contributed by atoms with van der Waals surface area (Å²) in [5, 5.41) is 0.469. The SMILES string of the molecule is Cc1cc(F)c(CCc2cc(F)c(C#Cc3ccc4c(F)c(F)ccc4c3)c(F)c2)c(F)c1. The van der Waals surface area contributed by atoms with Crippen molar-refractivity contribution in [3.63, 3.8) is 0 Å². The Labute approximate surface area is 186 Å². The quantitative estimate of drug-likeness (QED) is 0.227. The molecule has 33 heavy (non-hydrogen) atoms. The second-order valence-corrected chi connectivity index (χ2v) is 7.69. The zero-order valence-corrected chi connectivity index (χ0v) is 17.4. The summed E-state index contributed by atoms with van der Waals surface area (Å²) in [7, 11) is 0. The van der Waals surface area contributed by atoms with Crippen LogP contribution in [-0.2, 0) is 12.8 Å². The summed E-state index contributed by atoms with van der Waals surface area (Å²) < 4.78 is 84.2. The highest BCUT2D eigenvalue weighted by molar-refractivity contribution is 5.84. The molecule has 0 aromatic heterocycles. The Kier molecular flexibility index (Phi) is 6.15. The lowest BCUT2D eigenvalue weighted by atomic mass is 10.0. The van der Waals surface area contributed by atoms with Crippen LogP contribution in [0, 0.1) is 53.7 Å². The number of hydrogen-bond acceptors (Lipinski definition) is 0. The van der Waals surface area contributed by atoms with Gasteiger partial charge in [-0.25, -0.2) is 26.3 Å². The summed E-state index contributed by atoms with van der Waals surface area (Å²) in [6, 6.07) is 11.2. The van der Waals surface area contributed by atoms with Crippen LogP contribution < -0.4 is 0 Å². The molecule has 0 aliphatic heterocycles. The normalized spacial score (nSPS) is 10.9. The maximum absolute atomic E-state index is 14.5. The van der Waals surface area contributed by atoms with E-state index in [1.807, 2.05) is 0 Å². The van der Waals surface area contributed by atoms with E-state index in [0.717, 1.165) is 18.2 Å². The van der Waals surface area contributed by atoms with Crippen LogP contribution in [0.4, 0.5) is 26.3 Å². The highest BCUT2D eigenvalue weighted by Crippen LogP contribution is 2.22. The van der Waals surface area contributed by atoms with Gasteiger partial charge in [-0.3, -0.25) is 0 Å². The van der Waals surface area contributed by atoms with Gasteiger partial charge in [-0.15, -0.1) is 0 Å². The van der Waals surface area contributed by atoms with Gasteiger partial charge in [0, 0.05) is 16.5 Å². The first-order chi connectivity index (χ1) is 15.7. The minimum atomic E-state index is -0.981. The van der Waals surface area contributed by atoms with Crippen LogP contribution >= 0.6 is 0 Å². The second kappa shape index (κ2) is 9.03. The molecule has 0 saturated heterocycles. The summed E-state index contributed by atoms with van der Waals surface area (Å²) in [5.74, 6) is -0.121. The third kappa shape index (κ3) is 4.73. The van der Waals surface area contributed by atoms with Crippen molar-refractivity contribution in [1.29, 1.82) is 0 Å². The summed E-state index contributed by atoms with van der Waals surface area (Å²) >= 11 is 0. The number of rotatable bonds is 3. The van der Waals surface area contributed by atoms with Crippen molar-refractivity contribution in [2.45, 2.75) is 19.8 Å². The molecule has 0 saturated carbocycles. The lowest BCUT2D eigenvalue weighted by molar-refractivity contribution is 0.517. The number of fused-ring (bicyclic) bond motifs is 1. The molecule has 0 aliphatic rings. The number of halogens is 6. The fourth-order valence-corrected chi connectivity index (χ4v) is 3.60. The van der Waals surface area contributed by atoms with E-state index >= 15 is 0 Å². The standard InChI is InChI=1S/C27H16F6/c1-15-10-23(29)20(24(30)11-15)8-4-17-13-25(31)21(26(32)14-17)7-3-16-2-6-19-18(12-16)5-9-22(28)27(19)33/h2,5-6,9-14H,4,8H2,1H3. The van der Waals surface area contributed by atoms with Crippen LogP contribution in [-0.4, -0.2) is 0 Å². The van der Waals surface area contributed by atoms with Gasteiger partial charge >= 0.3 is 0 Å². The fourth-order valence-electron chi connectivity index (χ4n) is 3.60. The largest absolute Gasteiger partial charge is 0.207 e. The summed E-state index contributed by atoms with van der Waals surface area (Å²) in [4.78, 5) is 0. The third-order valence-electron chi connectivity index (χ3n) is 5.29. The molecule has 0 amide bonds. The Hall–Kier alpha value is -3.72. The molecule has 0 bridgehead atoms. The van der Waals surface area contributed by atoms with Crippen LogP contribution in [0.3, 0.4) is 0 Å². The van der Waals surface area contributed by atoms with Crippen LogP contribution in [0.15, 0.2) is 54.6 Å². The topological polar surface area (TPSA) is 0 Å². The van der Waals surface area contributed by atoms with E-state index in [1.165, 1.54) is 36.4 Å². The van der Waals surface area contributed by atoms with Gasteiger partial charge in [0.1, 0.15) is 23.3 Å². The average Bonchev–Trinajstić information content (AvgIpc) is 2.75. The molecule has 166 valence electrons. The minimum absolute atomic E-state index is 0.0330. The zero-order valence-electron chi connectivity index (χ0n) is 17.4. The van der Waals surface area contributed by atoms with Crippen LogP contribution in [0.1, 0.15) is 27.8 Å². The molecule has 4 aromatic carbocycles. The van der Waals surface area contributed by atoms with Crippen molar-refractivity contribution in [3.05, 3.63) is 117 Å². The summed E-state index contributed by atoms with van der Waals surface area (Å²) in [6.07, 6.45) is -0.0264. The Morgan fingerprint density at radius 2 is 1.30 bits per heavy atom. The summed E-state index contributed by atoms with van der Waals surface area (Å²) in [5.41, 5.74) is 0.437. The van der Waals surface area contributed by atoms with Gasteiger partial charge in [-0.05, 0) is 78.7 Å². The van der Waals surface area contributed by atoms with Gasteiger partial charge < -0.3 is 0 Å². The zero-order chi connectivity index (χ0) is 23.7. The van der Waals surface area contributed by atoms with Gasteiger partial charge in [-0.2, -0.15) is 0 Å². The maximum atomic E-state index is 14.5. The molecule has 4 rings (SSSR count). The van der Waals surface area contributed by atoms with Gasteiger partial charge in [0.15, 0.2) is 11.6 Å². The molecule has 0 atom stereocenters. The van der Waals surface area contributed by atoms with E-state index in [4.69, 9.17) is 0 Å². The van der Waals surface area contributed by atoms with E-state index in [1.54, 1.807) is 6.92 Å². The van der Waals surface area contributed by atoms with Crippen molar-refractivity contribution in [3.8, 4) is 11.8 Å². The third-order valence-corrected chi connectivity index (χ3v) is 5.29. The molecule has 0 spiro atoms. The molecule has 0 fully saturated rings. The van der Waals surface area contributed by atoms with Gasteiger partial charge in [0.05, 0.1) is 5.56 Å². The average molecular weight is 454 g/mol. The van der Waals surface area contributed by atoms with Crippen molar-refractivity contribution in [2.75, 3.05) is 0 Å². The minimum Gasteiger partial charge on any atom is -0.207 e. The first-order valence-electron chi connectivity index (χ1n) is 10.0. The van der Waals surface area contributed by atoms with E-state index in [9.17, 15) is 26.3 Å². The van der Waals surface area contributed by atoms with Crippen LogP contribution in [0.25, 0.3) is 10.8 Å². The van der Waals surface area contributed by atoms with Crippen LogP contribution in [0.2, 0.25) is 0 Å². The highest BCUT2D eigenvalue weighted by Gasteiger charge is 2.13. The van der Waals surface area contributed by atoms with E-state index in [-0.39, 0.29) is 29.4 Å². The van der Waals surface area contributed by atoms with Gasteiger partial charge in [-0.1, -0.05) is 24.0 Å². The molecule has 0 radical (unpaired) electrons. The maximum Gasteiger partial charge on any atom is 0.166 e. The Bertz CT molecular complexity index is 1400. The first-order valence-corrected chi connectivity index (χ1v) is 10.0. The second-order valence-electron chi connectivity index (χ2n) is 7.69. The molecule has 6 heteroatoms. The molecule has 0 nitrogen and oxygen atoms in total. The lowest BCUT2D eigenvalue weighted by Gasteiger charge is -2.08. The molecule has 0 heterocycles. The van der Waals surface area contributed by atoms with E-state index in [0.29, 0.717) is 16.5 Å². The molecule has 0 N–H and O–H groups in total. The van der Waals surface area contributed by atoms with Crippen molar-refractivity contribution in [1.82, 2.24) is 0 Å². The lowest BCUT2D eigenvalue weighted by Crippen LogP contribution is -2.01. The van der Waals surface area contributed by atoms with Crippen LogP contribution in [0.5, 0.6) is 0 Å². The molecule has 0 unspecified atom stereocenters. The van der Waals surface area contributed by atoms with E-state index in [2.05, 4.69) is 11.8 Å². The predicted molar refractivity (Wildman–Crippen MR) is 115 cm³/mol. The molecular weight excluding hydrogens is 438 g/mol. The summed E-state index contributed by atoms with van der Waals surface area (Å²) in [6.45, 7) is 1.57. The molecule has 4 aromatic rings. The van der Waals surface area contributed by atoms with Gasteiger partial charge in [0.25, 0.3) is 0 Å². The number of hydrogen-bond donors (Lipinski definition) is 0. The number of benzene rings is 4. The molecule has 0 aliphatic carbocycles. The van der Waals surface area contributed by atoms with Gasteiger partial charge in [0.2, 0.25) is 0 Å². The Balaban J connectivity index is 1.57. The first kappa shape index (κ1) is 22.5. The Morgan fingerprint density at radius 3 is 1.97 bits per heavy atom. The van der Waals surface area contributed by atoms with Crippen molar-refractivity contribution < 1.29 is 26.3 Å². The molecular formula is C27H16F6. The Morgan fingerprint density at radius 1 is 0.636 bits per heavy atom. The smallest absolute Gasteiger partial charge is 0.166 e. The highest BCUT2D eigenvalue weighted by atomic mass is 19.2.